The van der Waals surface area contributed by atoms with E-state index in [1.165, 1.54) is 25.3 Å². The van der Waals surface area contributed by atoms with E-state index >= 15 is 0 Å². The molecule has 0 radical (unpaired) electrons. The van der Waals surface area contributed by atoms with Crippen molar-refractivity contribution in [3.8, 4) is 5.75 Å². The second-order valence-electron chi connectivity index (χ2n) is 1.90. The SMILES string of the molecule is COc1ccccc1N(F)F. The minimum absolute atomic E-state index is 0.164. The van der Waals surface area contributed by atoms with Gasteiger partial charge in [0.15, 0.2) is 0 Å². The normalized spacial score (nSPS) is 9.36. The molecule has 0 heterocycles. The third-order valence-electron chi connectivity index (χ3n) is 1.27. The third-order valence-corrected chi connectivity index (χ3v) is 1.27. The molecule has 0 fully saturated rings. The van der Waals surface area contributed by atoms with Gasteiger partial charge in [-0.1, -0.05) is 21.1 Å². The number of methoxy groups -OCH3 is 1. The van der Waals surface area contributed by atoms with Crippen LogP contribution < -0.4 is 10.1 Å². The Bertz CT molecular complexity index is 240. The largest absolute Gasteiger partial charge is 0.494 e. The Hall–Kier alpha value is -1.32. The first-order valence-electron chi connectivity index (χ1n) is 3.00. The summed E-state index contributed by atoms with van der Waals surface area (Å²) < 4.78 is 28.6. The number of rotatable bonds is 2. The number of hydrogen-bond donors (Lipinski definition) is 0. The lowest BCUT2D eigenvalue weighted by Gasteiger charge is -2.06. The summed E-state index contributed by atoms with van der Waals surface area (Å²) in [5, 5.41) is -0.973. The fourth-order valence-electron chi connectivity index (χ4n) is 0.769. The molecule has 0 aromatic heterocycles. The highest BCUT2D eigenvalue weighted by molar-refractivity contribution is 5.54. The maximum atomic E-state index is 12.0. The van der Waals surface area contributed by atoms with Crippen LogP contribution in [0.15, 0.2) is 24.3 Å². The van der Waals surface area contributed by atoms with E-state index in [0.29, 0.717) is 0 Å². The van der Waals surface area contributed by atoms with Gasteiger partial charge < -0.3 is 4.74 Å². The predicted octanol–water partition coefficient (Wildman–Crippen LogP) is 2.27. The Kier molecular flexibility index (Phi) is 2.25. The van der Waals surface area contributed by atoms with E-state index < -0.39 is 5.34 Å². The molecule has 0 aliphatic carbocycles. The fraction of sp³-hybridized carbons (Fsp3) is 0.143. The lowest BCUT2D eigenvalue weighted by molar-refractivity contribution is 0.230. The van der Waals surface area contributed by atoms with Crippen LogP contribution in [-0.4, -0.2) is 7.11 Å². The van der Waals surface area contributed by atoms with Crippen LogP contribution in [0.2, 0.25) is 0 Å². The summed E-state index contributed by atoms with van der Waals surface area (Å²) in [6.45, 7) is 0. The van der Waals surface area contributed by atoms with Gasteiger partial charge in [0.1, 0.15) is 11.4 Å². The number of para-hydroxylation sites is 2. The van der Waals surface area contributed by atoms with Crippen LogP contribution in [0.1, 0.15) is 0 Å². The first kappa shape index (κ1) is 7.78. The molecule has 0 unspecified atom stereocenters. The molecular formula is C7H7F2NO. The van der Waals surface area contributed by atoms with Crippen molar-refractivity contribution in [1.82, 2.24) is 0 Å². The van der Waals surface area contributed by atoms with Crippen molar-refractivity contribution in [2.75, 3.05) is 12.5 Å². The molecule has 11 heavy (non-hydrogen) atoms. The predicted molar refractivity (Wildman–Crippen MR) is 37.7 cm³/mol. The van der Waals surface area contributed by atoms with Crippen molar-refractivity contribution >= 4 is 5.69 Å². The number of benzene rings is 1. The number of nitrogens with zero attached hydrogens (tertiary/aromatic N) is 1. The number of anilines is 1. The average molecular weight is 159 g/mol. The van der Waals surface area contributed by atoms with Crippen LogP contribution in [-0.2, 0) is 0 Å². The van der Waals surface area contributed by atoms with Gasteiger partial charge in [0, 0.05) is 0 Å². The highest BCUT2D eigenvalue weighted by Crippen LogP contribution is 2.27. The van der Waals surface area contributed by atoms with E-state index in [-0.39, 0.29) is 11.4 Å². The van der Waals surface area contributed by atoms with Gasteiger partial charge in [-0.3, -0.25) is 0 Å². The van der Waals surface area contributed by atoms with Gasteiger partial charge in [0.2, 0.25) is 0 Å². The lowest BCUT2D eigenvalue weighted by atomic mass is 10.3. The van der Waals surface area contributed by atoms with E-state index in [4.69, 9.17) is 0 Å². The number of hydrogen-bond acceptors (Lipinski definition) is 2. The van der Waals surface area contributed by atoms with Gasteiger partial charge in [0.25, 0.3) is 0 Å². The summed E-state index contributed by atoms with van der Waals surface area (Å²) in [5.41, 5.74) is -0.227. The summed E-state index contributed by atoms with van der Waals surface area (Å²) in [7, 11) is 1.35. The molecule has 0 atom stereocenters. The van der Waals surface area contributed by atoms with Crippen molar-refractivity contribution in [3.63, 3.8) is 0 Å². The molecule has 0 spiro atoms. The Balaban J connectivity index is 3.02. The van der Waals surface area contributed by atoms with Gasteiger partial charge in [-0.25, -0.2) is 0 Å². The van der Waals surface area contributed by atoms with E-state index in [1.807, 2.05) is 0 Å². The highest BCUT2D eigenvalue weighted by atomic mass is 19.4. The third kappa shape index (κ3) is 1.58. The molecule has 2 nitrogen and oxygen atoms in total. The summed E-state index contributed by atoms with van der Waals surface area (Å²) in [6, 6.07) is 5.90. The molecule has 1 aromatic carbocycles. The van der Waals surface area contributed by atoms with Crippen molar-refractivity contribution in [3.05, 3.63) is 24.3 Å². The average Bonchev–Trinajstić information content (AvgIpc) is 2.04. The molecule has 1 rings (SSSR count). The van der Waals surface area contributed by atoms with Crippen LogP contribution in [0.25, 0.3) is 0 Å². The Morgan fingerprint density at radius 3 is 2.36 bits per heavy atom. The quantitative estimate of drug-likeness (QED) is 0.614. The minimum atomic E-state index is -0.973. The van der Waals surface area contributed by atoms with Crippen LogP contribution >= 0.6 is 0 Å². The molecule has 0 aliphatic heterocycles. The molecule has 0 amide bonds. The summed E-state index contributed by atoms with van der Waals surface area (Å²) in [4.78, 5) is 0. The van der Waals surface area contributed by atoms with Gasteiger partial charge in [-0.2, -0.15) is 0 Å². The monoisotopic (exact) mass is 159 g/mol. The zero-order valence-electron chi connectivity index (χ0n) is 5.92. The first-order chi connectivity index (χ1) is 5.25. The molecule has 0 aliphatic rings. The van der Waals surface area contributed by atoms with E-state index in [1.54, 1.807) is 6.07 Å². The molecule has 0 bridgehead atoms. The Labute approximate surface area is 62.9 Å². The van der Waals surface area contributed by atoms with Crippen LogP contribution in [0.4, 0.5) is 14.6 Å². The van der Waals surface area contributed by atoms with E-state index in [9.17, 15) is 8.96 Å². The Morgan fingerprint density at radius 2 is 1.91 bits per heavy atom. The van der Waals surface area contributed by atoms with Gasteiger partial charge >= 0.3 is 0 Å². The molecule has 0 N–H and O–H groups in total. The molecular weight excluding hydrogens is 152 g/mol. The first-order valence-corrected chi connectivity index (χ1v) is 3.00. The molecule has 4 heteroatoms. The summed E-state index contributed by atoms with van der Waals surface area (Å²) >= 11 is 0. The van der Waals surface area contributed by atoms with Gasteiger partial charge in [-0.15, -0.1) is 0 Å². The van der Waals surface area contributed by atoms with E-state index in [2.05, 4.69) is 4.74 Å². The van der Waals surface area contributed by atoms with Gasteiger partial charge in [0.05, 0.1) is 7.11 Å². The standard InChI is InChI=1S/C7H7F2NO/c1-11-7-5-3-2-4-6(7)10(8)9/h2-5H,1H3. The second-order valence-corrected chi connectivity index (χ2v) is 1.90. The van der Waals surface area contributed by atoms with Gasteiger partial charge in [-0.05, 0) is 17.5 Å². The van der Waals surface area contributed by atoms with Crippen LogP contribution in [0, 0.1) is 0 Å². The van der Waals surface area contributed by atoms with Crippen molar-refractivity contribution in [1.29, 1.82) is 0 Å². The van der Waals surface area contributed by atoms with E-state index in [0.717, 1.165) is 0 Å². The number of ether oxygens (including phenoxy) is 1. The lowest BCUT2D eigenvalue weighted by Crippen LogP contribution is -1.98. The van der Waals surface area contributed by atoms with Crippen molar-refractivity contribution in [2.45, 2.75) is 0 Å². The second kappa shape index (κ2) is 3.18. The highest BCUT2D eigenvalue weighted by Gasteiger charge is 2.08. The fourth-order valence-corrected chi connectivity index (χ4v) is 0.769. The number of halogens is 2. The summed E-state index contributed by atoms with van der Waals surface area (Å²) in [5.74, 6) is 0.164. The van der Waals surface area contributed by atoms with Crippen LogP contribution in [0.5, 0.6) is 5.75 Å². The molecule has 60 valence electrons. The molecule has 1 aromatic rings. The van der Waals surface area contributed by atoms with Crippen molar-refractivity contribution in [2.24, 2.45) is 0 Å². The maximum absolute atomic E-state index is 12.0. The Morgan fingerprint density at radius 1 is 1.27 bits per heavy atom. The smallest absolute Gasteiger partial charge is 0.147 e. The molecule has 0 saturated heterocycles. The van der Waals surface area contributed by atoms with Crippen LogP contribution in [0.3, 0.4) is 0 Å². The molecule has 0 saturated carbocycles. The zero-order valence-corrected chi connectivity index (χ0v) is 5.92. The topological polar surface area (TPSA) is 12.5 Å². The zero-order chi connectivity index (χ0) is 8.27. The summed E-state index contributed by atoms with van der Waals surface area (Å²) in [6.07, 6.45) is 0. The maximum Gasteiger partial charge on any atom is 0.147 e. The minimum Gasteiger partial charge on any atom is -0.494 e. The van der Waals surface area contributed by atoms with Crippen molar-refractivity contribution < 1.29 is 13.7 Å².